The van der Waals surface area contributed by atoms with Crippen LogP contribution in [0.3, 0.4) is 0 Å². The van der Waals surface area contributed by atoms with Gasteiger partial charge in [0.15, 0.2) is 0 Å². The maximum absolute atomic E-state index is 10.5. The highest BCUT2D eigenvalue weighted by Crippen LogP contribution is 2.15. The van der Waals surface area contributed by atoms with Crippen molar-refractivity contribution in [2.24, 2.45) is 0 Å². The average molecular weight is 186 g/mol. The molecule has 1 aromatic carbocycles. The first kappa shape index (κ1) is 8.69. The standard InChI is InChI=1S/C11H10N2O/c1-12-11-5-3-9-6-8(7-14)2-4-10(9)13-11/h2-7H,1H3,(H,12,13). The molecule has 14 heavy (non-hydrogen) atoms. The van der Waals surface area contributed by atoms with Crippen LogP contribution in [-0.2, 0) is 0 Å². The van der Waals surface area contributed by atoms with Crippen LogP contribution in [0.25, 0.3) is 10.9 Å². The first-order valence-electron chi connectivity index (χ1n) is 4.37. The third-order valence-corrected chi connectivity index (χ3v) is 2.11. The summed E-state index contributed by atoms with van der Waals surface area (Å²) in [7, 11) is 1.83. The molecule has 1 heterocycles. The highest BCUT2D eigenvalue weighted by Gasteiger charge is 1.97. The Labute approximate surface area is 81.8 Å². The summed E-state index contributed by atoms with van der Waals surface area (Å²) < 4.78 is 0. The van der Waals surface area contributed by atoms with E-state index in [0.717, 1.165) is 23.0 Å². The summed E-state index contributed by atoms with van der Waals surface area (Å²) >= 11 is 0. The van der Waals surface area contributed by atoms with E-state index in [0.29, 0.717) is 5.56 Å². The molecular weight excluding hydrogens is 176 g/mol. The number of nitrogens with zero attached hydrogens (tertiary/aromatic N) is 1. The Bertz CT molecular complexity index is 480. The number of carbonyl (C=O) groups is 1. The number of aromatic nitrogens is 1. The van der Waals surface area contributed by atoms with Crippen LogP contribution in [0.2, 0.25) is 0 Å². The second-order valence-electron chi connectivity index (χ2n) is 3.02. The van der Waals surface area contributed by atoms with E-state index in [1.54, 1.807) is 6.07 Å². The monoisotopic (exact) mass is 186 g/mol. The third-order valence-electron chi connectivity index (χ3n) is 2.11. The van der Waals surface area contributed by atoms with Gasteiger partial charge in [-0.3, -0.25) is 4.79 Å². The smallest absolute Gasteiger partial charge is 0.150 e. The number of hydrogen-bond acceptors (Lipinski definition) is 3. The van der Waals surface area contributed by atoms with Crippen LogP contribution in [0, 0.1) is 0 Å². The van der Waals surface area contributed by atoms with Crippen molar-refractivity contribution in [2.45, 2.75) is 0 Å². The van der Waals surface area contributed by atoms with E-state index in [9.17, 15) is 4.79 Å². The lowest BCUT2D eigenvalue weighted by Gasteiger charge is -2.01. The molecule has 3 nitrogen and oxygen atoms in total. The van der Waals surface area contributed by atoms with Crippen LogP contribution in [0.4, 0.5) is 5.82 Å². The molecule has 0 saturated heterocycles. The number of benzene rings is 1. The minimum absolute atomic E-state index is 0.677. The van der Waals surface area contributed by atoms with Gasteiger partial charge in [0.25, 0.3) is 0 Å². The Hall–Kier alpha value is -1.90. The van der Waals surface area contributed by atoms with Crippen molar-refractivity contribution < 1.29 is 4.79 Å². The van der Waals surface area contributed by atoms with Crippen molar-refractivity contribution in [1.29, 1.82) is 0 Å². The summed E-state index contributed by atoms with van der Waals surface area (Å²) in [6, 6.07) is 9.27. The number of anilines is 1. The van der Waals surface area contributed by atoms with Gasteiger partial charge >= 0.3 is 0 Å². The normalized spacial score (nSPS) is 10.1. The highest BCUT2D eigenvalue weighted by atomic mass is 16.1. The van der Waals surface area contributed by atoms with Gasteiger partial charge in [-0.15, -0.1) is 0 Å². The topological polar surface area (TPSA) is 42.0 Å². The van der Waals surface area contributed by atoms with E-state index < -0.39 is 0 Å². The molecule has 0 fully saturated rings. The number of pyridine rings is 1. The molecule has 0 aliphatic rings. The molecule has 0 spiro atoms. The molecule has 0 unspecified atom stereocenters. The lowest BCUT2D eigenvalue weighted by Crippen LogP contribution is -1.92. The van der Waals surface area contributed by atoms with Crippen LogP contribution in [0.1, 0.15) is 10.4 Å². The molecule has 0 aliphatic heterocycles. The second-order valence-corrected chi connectivity index (χ2v) is 3.02. The second kappa shape index (κ2) is 3.46. The van der Waals surface area contributed by atoms with Gasteiger partial charge in [0.2, 0.25) is 0 Å². The van der Waals surface area contributed by atoms with E-state index >= 15 is 0 Å². The molecule has 0 aliphatic carbocycles. The largest absolute Gasteiger partial charge is 0.373 e. The highest BCUT2D eigenvalue weighted by molar-refractivity contribution is 5.87. The fraction of sp³-hybridized carbons (Fsp3) is 0.0909. The van der Waals surface area contributed by atoms with Crippen molar-refractivity contribution in [3.63, 3.8) is 0 Å². The van der Waals surface area contributed by atoms with Gasteiger partial charge in [-0.05, 0) is 30.3 Å². The zero-order valence-electron chi connectivity index (χ0n) is 7.82. The summed E-state index contributed by atoms with van der Waals surface area (Å²) in [5, 5.41) is 3.95. The Morgan fingerprint density at radius 1 is 1.29 bits per heavy atom. The molecule has 0 amide bonds. The van der Waals surface area contributed by atoms with E-state index in [1.807, 2.05) is 31.3 Å². The maximum Gasteiger partial charge on any atom is 0.150 e. The third kappa shape index (κ3) is 1.44. The summed E-state index contributed by atoms with van der Waals surface area (Å²) in [5.41, 5.74) is 1.57. The molecule has 3 heteroatoms. The van der Waals surface area contributed by atoms with E-state index in [2.05, 4.69) is 10.3 Å². The molecule has 0 saturated carbocycles. The molecule has 0 atom stereocenters. The van der Waals surface area contributed by atoms with Crippen molar-refractivity contribution >= 4 is 23.0 Å². The van der Waals surface area contributed by atoms with Gasteiger partial charge in [-0.1, -0.05) is 0 Å². The molecule has 2 rings (SSSR count). The Morgan fingerprint density at radius 3 is 2.86 bits per heavy atom. The summed E-state index contributed by atoms with van der Waals surface area (Å²) in [4.78, 5) is 14.9. The van der Waals surface area contributed by atoms with E-state index in [-0.39, 0.29) is 0 Å². The lowest BCUT2D eigenvalue weighted by molar-refractivity contribution is 0.112. The Balaban J connectivity index is 2.63. The summed E-state index contributed by atoms with van der Waals surface area (Å²) in [5.74, 6) is 0.830. The van der Waals surface area contributed by atoms with Gasteiger partial charge in [-0.25, -0.2) is 4.98 Å². The number of carbonyl (C=O) groups excluding carboxylic acids is 1. The van der Waals surface area contributed by atoms with Crippen molar-refractivity contribution in [1.82, 2.24) is 4.98 Å². The van der Waals surface area contributed by atoms with E-state index in [1.165, 1.54) is 0 Å². The van der Waals surface area contributed by atoms with Crippen LogP contribution in [0.15, 0.2) is 30.3 Å². The predicted molar refractivity (Wildman–Crippen MR) is 56.7 cm³/mol. The van der Waals surface area contributed by atoms with Gasteiger partial charge in [0.05, 0.1) is 5.52 Å². The fourth-order valence-corrected chi connectivity index (χ4v) is 1.36. The molecule has 70 valence electrons. The number of nitrogens with one attached hydrogen (secondary N) is 1. The predicted octanol–water partition coefficient (Wildman–Crippen LogP) is 2.09. The number of hydrogen-bond donors (Lipinski definition) is 1. The van der Waals surface area contributed by atoms with Crippen molar-refractivity contribution in [3.8, 4) is 0 Å². The number of fused-ring (bicyclic) bond motifs is 1. The van der Waals surface area contributed by atoms with Crippen LogP contribution in [-0.4, -0.2) is 18.3 Å². The lowest BCUT2D eigenvalue weighted by atomic mass is 10.1. The first-order chi connectivity index (χ1) is 6.83. The van der Waals surface area contributed by atoms with Crippen molar-refractivity contribution in [3.05, 3.63) is 35.9 Å². The zero-order valence-corrected chi connectivity index (χ0v) is 7.82. The van der Waals surface area contributed by atoms with Gasteiger partial charge < -0.3 is 5.32 Å². The molecule has 0 radical (unpaired) electrons. The molecule has 2 aromatic rings. The van der Waals surface area contributed by atoms with Crippen LogP contribution in [0.5, 0.6) is 0 Å². The number of rotatable bonds is 2. The van der Waals surface area contributed by atoms with Crippen LogP contribution < -0.4 is 5.32 Å². The Kier molecular flexibility index (Phi) is 2.14. The maximum atomic E-state index is 10.5. The SMILES string of the molecule is CNc1ccc2cc(C=O)ccc2n1. The molecule has 1 N–H and O–H groups in total. The van der Waals surface area contributed by atoms with Gasteiger partial charge in [0.1, 0.15) is 12.1 Å². The minimum atomic E-state index is 0.677. The zero-order chi connectivity index (χ0) is 9.97. The summed E-state index contributed by atoms with van der Waals surface area (Å²) in [6.07, 6.45) is 0.839. The number of aldehydes is 1. The average Bonchev–Trinajstić information content (AvgIpc) is 2.27. The minimum Gasteiger partial charge on any atom is -0.373 e. The molecule has 0 bridgehead atoms. The summed E-state index contributed by atoms with van der Waals surface area (Å²) in [6.45, 7) is 0. The van der Waals surface area contributed by atoms with E-state index in [4.69, 9.17) is 0 Å². The van der Waals surface area contributed by atoms with Gasteiger partial charge in [0, 0.05) is 18.0 Å². The Morgan fingerprint density at radius 2 is 2.14 bits per heavy atom. The van der Waals surface area contributed by atoms with Crippen LogP contribution >= 0.6 is 0 Å². The molecular formula is C11H10N2O. The fourth-order valence-electron chi connectivity index (χ4n) is 1.36. The molecule has 1 aromatic heterocycles. The first-order valence-corrected chi connectivity index (χ1v) is 4.37. The van der Waals surface area contributed by atoms with Crippen molar-refractivity contribution in [2.75, 3.05) is 12.4 Å². The van der Waals surface area contributed by atoms with Gasteiger partial charge in [-0.2, -0.15) is 0 Å². The quantitative estimate of drug-likeness (QED) is 0.730.